The monoisotopic (exact) mass is 559 g/mol. The summed E-state index contributed by atoms with van der Waals surface area (Å²) >= 11 is 0. The van der Waals surface area contributed by atoms with Crippen molar-refractivity contribution in [3.63, 3.8) is 0 Å². The zero-order chi connectivity index (χ0) is 29.8. The van der Waals surface area contributed by atoms with Crippen molar-refractivity contribution in [2.45, 2.75) is 51.9 Å². The van der Waals surface area contributed by atoms with Crippen LogP contribution in [0.3, 0.4) is 0 Å². The molecule has 1 aliphatic carbocycles. The van der Waals surface area contributed by atoms with Crippen LogP contribution in [0.2, 0.25) is 0 Å². The summed E-state index contributed by atoms with van der Waals surface area (Å²) in [6, 6.07) is 37.4. The van der Waals surface area contributed by atoms with Crippen LogP contribution >= 0.6 is 0 Å². The molecule has 0 bridgehead atoms. The molecule has 0 N–H and O–H groups in total. The molecule has 1 heterocycles. The van der Waals surface area contributed by atoms with Gasteiger partial charge in [0.25, 0.3) is 0 Å². The first kappa shape index (κ1) is 28.5. The lowest BCUT2D eigenvalue weighted by Gasteiger charge is -2.46. The summed E-state index contributed by atoms with van der Waals surface area (Å²) in [4.78, 5) is 2.49. The highest BCUT2D eigenvalue weighted by molar-refractivity contribution is 5.88. The molecule has 1 spiro atoms. The van der Waals surface area contributed by atoms with E-state index in [9.17, 15) is 0 Å². The summed E-state index contributed by atoms with van der Waals surface area (Å²) in [5.41, 5.74) is 13.6. The lowest BCUT2D eigenvalue weighted by molar-refractivity contribution is 0.515. The molecule has 1 aliphatic heterocycles. The maximum absolute atomic E-state index is 4.58. The molecule has 0 aromatic heterocycles. The Hall–Kier alpha value is -4.62. The number of nitrogens with zero attached hydrogens (tertiary/aromatic N) is 1. The topological polar surface area (TPSA) is 3.24 Å². The predicted molar refractivity (Wildman–Crippen MR) is 186 cm³/mol. The van der Waals surface area contributed by atoms with Crippen molar-refractivity contribution in [2.75, 3.05) is 4.90 Å². The second-order valence-corrected chi connectivity index (χ2v) is 11.6. The Morgan fingerprint density at radius 2 is 1.40 bits per heavy atom. The second kappa shape index (κ2) is 12.3. The van der Waals surface area contributed by atoms with Crippen molar-refractivity contribution < 1.29 is 0 Å². The van der Waals surface area contributed by atoms with Crippen LogP contribution in [0.15, 0.2) is 151 Å². The summed E-state index contributed by atoms with van der Waals surface area (Å²) < 4.78 is 0. The van der Waals surface area contributed by atoms with Crippen LogP contribution in [0.1, 0.15) is 63.1 Å². The third-order valence-corrected chi connectivity index (χ3v) is 9.21. The number of hydrogen-bond donors (Lipinski definition) is 0. The molecule has 1 heteroatoms. The van der Waals surface area contributed by atoms with Gasteiger partial charge in [0.05, 0.1) is 11.4 Å². The molecule has 4 aromatic carbocycles. The van der Waals surface area contributed by atoms with Crippen LogP contribution in [-0.2, 0) is 5.41 Å². The van der Waals surface area contributed by atoms with Crippen LogP contribution in [0.5, 0.6) is 0 Å². The zero-order valence-corrected chi connectivity index (χ0v) is 25.7. The van der Waals surface area contributed by atoms with Crippen LogP contribution < -0.4 is 4.90 Å². The molecule has 1 nitrogen and oxygen atoms in total. The van der Waals surface area contributed by atoms with Crippen molar-refractivity contribution in [1.29, 1.82) is 0 Å². The Morgan fingerprint density at radius 1 is 0.744 bits per heavy atom. The molecular formula is C42H41N. The average molecular weight is 560 g/mol. The van der Waals surface area contributed by atoms with Crippen molar-refractivity contribution in [3.8, 4) is 11.1 Å². The Balaban J connectivity index is 1.60. The van der Waals surface area contributed by atoms with E-state index in [0.717, 1.165) is 16.8 Å². The van der Waals surface area contributed by atoms with Gasteiger partial charge in [0.2, 0.25) is 0 Å². The van der Waals surface area contributed by atoms with Crippen LogP contribution in [0.25, 0.3) is 22.3 Å². The Kier molecular flexibility index (Phi) is 8.16. The highest BCUT2D eigenvalue weighted by atomic mass is 15.2. The molecule has 6 rings (SSSR count). The summed E-state index contributed by atoms with van der Waals surface area (Å²) in [5, 5.41) is 0. The van der Waals surface area contributed by atoms with Gasteiger partial charge in [-0.05, 0) is 102 Å². The molecule has 4 aromatic rings. The first-order valence-electron chi connectivity index (χ1n) is 15.6. The van der Waals surface area contributed by atoms with E-state index in [1.54, 1.807) is 0 Å². The minimum absolute atomic E-state index is 0.00256. The molecule has 0 amide bonds. The van der Waals surface area contributed by atoms with Gasteiger partial charge in [-0.2, -0.15) is 0 Å². The van der Waals surface area contributed by atoms with E-state index in [4.69, 9.17) is 0 Å². The quantitative estimate of drug-likeness (QED) is 0.212. The van der Waals surface area contributed by atoms with E-state index >= 15 is 0 Å². The molecule has 43 heavy (non-hydrogen) atoms. The number of rotatable bonds is 6. The number of fused-ring (bicyclic) bond motifs is 2. The SMILES string of the molecule is C=C(/C=C1\C(=C/C)C2(CCCC2)c2ccc(C(/C=C\C)=C/C)cc2N1c1ccc(-c2ccccc2)cc1)c1ccccc1. The normalized spacial score (nSPS) is 18.1. The van der Waals surface area contributed by atoms with E-state index in [0.29, 0.717) is 0 Å². The summed E-state index contributed by atoms with van der Waals surface area (Å²) in [5.74, 6) is 0. The van der Waals surface area contributed by atoms with Gasteiger partial charge in [0, 0.05) is 11.1 Å². The van der Waals surface area contributed by atoms with E-state index in [1.807, 2.05) is 0 Å². The lowest BCUT2D eigenvalue weighted by atomic mass is 9.67. The first-order valence-corrected chi connectivity index (χ1v) is 15.6. The molecule has 214 valence electrons. The smallest absolute Gasteiger partial charge is 0.0509 e. The predicted octanol–water partition coefficient (Wildman–Crippen LogP) is 11.8. The van der Waals surface area contributed by atoms with Gasteiger partial charge in [-0.3, -0.25) is 0 Å². The molecule has 0 saturated heterocycles. The largest absolute Gasteiger partial charge is 0.310 e. The highest BCUT2D eigenvalue weighted by Gasteiger charge is 2.47. The number of allylic oxidation sites excluding steroid dienone is 8. The summed E-state index contributed by atoms with van der Waals surface area (Å²) in [6.07, 6.45) is 16.1. The second-order valence-electron chi connectivity index (χ2n) is 11.6. The minimum Gasteiger partial charge on any atom is -0.310 e. The number of hydrogen-bond acceptors (Lipinski definition) is 1. The third kappa shape index (κ3) is 5.25. The lowest BCUT2D eigenvalue weighted by Crippen LogP contribution is -2.38. The highest BCUT2D eigenvalue weighted by Crippen LogP contribution is 2.58. The van der Waals surface area contributed by atoms with Crippen LogP contribution in [0.4, 0.5) is 11.4 Å². The maximum Gasteiger partial charge on any atom is 0.0509 e. The molecule has 2 aliphatic rings. The molecule has 0 unspecified atom stereocenters. The fourth-order valence-electron chi connectivity index (χ4n) is 7.18. The Labute approximate surface area is 257 Å². The van der Waals surface area contributed by atoms with E-state index in [1.165, 1.54) is 70.5 Å². The first-order chi connectivity index (χ1) is 21.1. The molecule has 1 saturated carbocycles. The minimum atomic E-state index is 0.00256. The van der Waals surface area contributed by atoms with Crippen molar-refractivity contribution in [3.05, 3.63) is 168 Å². The van der Waals surface area contributed by atoms with Gasteiger partial charge in [-0.1, -0.05) is 129 Å². The van der Waals surface area contributed by atoms with Gasteiger partial charge in [0.15, 0.2) is 0 Å². The summed E-state index contributed by atoms with van der Waals surface area (Å²) in [7, 11) is 0. The molecule has 0 radical (unpaired) electrons. The molecular weight excluding hydrogens is 518 g/mol. The fraction of sp³-hybridized carbons (Fsp3) is 0.190. The molecule has 0 atom stereocenters. The van der Waals surface area contributed by atoms with Crippen LogP contribution in [0, 0.1) is 0 Å². The average Bonchev–Trinajstić information content (AvgIpc) is 3.55. The van der Waals surface area contributed by atoms with Gasteiger partial charge < -0.3 is 4.90 Å². The summed E-state index contributed by atoms with van der Waals surface area (Å²) in [6.45, 7) is 11.0. The Morgan fingerprint density at radius 3 is 2.02 bits per heavy atom. The van der Waals surface area contributed by atoms with Gasteiger partial charge >= 0.3 is 0 Å². The van der Waals surface area contributed by atoms with Gasteiger partial charge in [0.1, 0.15) is 0 Å². The van der Waals surface area contributed by atoms with E-state index in [-0.39, 0.29) is 5.41 Å². The third-order valence-electron chi connectivity index (χ3n) is 9.21. The van der Waals surface area contributed by atoms with E-state index in [2.05, 4.69) is 166 Å². The van der Waals surface area contributed by atoms with Gasteiger partial charge in [-0.15, -0.1) is 0 Å². The van der Waals surface area contributed by atoms with Crippen molar-refractivity contribution in [1.82, 2.24) is 0 Å². The number of benzene rings is 4. The standard InChI is InChI=1S/C42H41N/c1-5-16-32(6-2)36-23-26-39-41(30-36)43(37-24-21-35(22-25-37)34-19-12-9-13-20-34)40(29-31(4)33-17-10-8-11-18-33)38(7-3)42(39)27-14-15-28-42/h5-13,16-26,29-30H,4,14-15,27-28H2,1-3H3/b16-5-,32-6+,38-7+,40-29+. The zero-order valence-electron chi connectivity index (χ0n) is 25.7. The maximum atomic E-state index is 4.58. The number of anilines is 2. The van der Waals surface area contributed by atoms with Crippen LogP contribution in [-0.4, -0.2) is 0 Å². The Bertz CT molecular complexity index is 1720. The fourth-order valence-corrected chi connectivity index (χ4v) is 7.18. The van der Waals surface area contributed by atoms with E-state index < -0.39 is 0 Å². The van der Waals surface area contributed by atoms with Crippen molar-refractivity contribution in [2.24, 2.45) is 0 Å². The molecule has 1 fully saturated rings. The van der Waals surface area contributed by atoms with Crippen molar-refractivity contribution >= 4 is 22.5 Å². The van der Waals surface area contributed by atoms with Gasteiger partial charge in [-0.25, -0.2) is 0 Å².